The fourth-order valence-electron chi connectivity index (χ4n) is 6.16. The highest BCUT2D eigenvalue weighted by Crippen LogP contribution is 2.49. The van der Waals surface area contributed by atoms with Gasteiger partial charge in [0, 0.05) is 13.3 Å². The van der Waals surface area contributed by atoms with Crippen LogP contribution in [-0.2, 0) is 23.2 Å². The lowest BCUT2D eigenvalue weighted by Crippen LogP contribution is -3.00. The molecule has 1 aromatic heterocycles. The molecule has 1 amide bonds. The fourth-order valence-corrected chi connectivity index (χ4v) is 6.16. The van der Waals surface area contributed by atoms with Crippen LogP contribution < -0.4 is 27.3 Å². The summed E-state index contributed by atoms with van der Waals surface area (Å²) in [4.78, 5) is 13.4. The van der Waals surface area contributed by atoms with Crippen LogP contribution in [0.15, 0.2) is 103 Å². The molecule has 0 aliphatic heterocycles. The summed E-state index contributed by atoms with van der Waals surface area (Å²) in [6, 6.07) is 31.2. The monoisotopic (exact) mass is 543 g/mol. The quantitative estimate of drug-likeness (QED) is 0.340. The number of hydrogen-bond donors (Lipinski definition) is 1. The number of hydrogen-bond acceptors (Lipinski definition) is 1. The Balaban J connectivity index is 0.00000304. The fraction of sp³-hybridized carbons (Fsp3) is 0.290. The van der Waals surface area contributed by atoms with Gasteiger partial charge < -0.3 is 22.7 Å². The molecule has 4 nitrogen and oxygen atoms in total. The SMILES string of the molecule is Cc1n([C@@H]2CC[C@H](C(C(N)=O)(c3ccccc3)c3ccccc3)C2)cc[n+]1CCc1ccccc1.[Br-]. The second kappa shape index (κ2) is 11.3. The van der Waals surface area contributed by atoms with E-state index in [-0.39, 0.29) is 28.8 Å². The van der Waals surface area contributed by atoms with Crippen LogP contribution in [0.2, 0.25) is 0 Å². The maximum atomic E-state index is 13.4. The Morgan fingerprint density at radius 3 is 2.03 bits per heavy atom. The van der Waals surface area contributed by atoms with Crippen LogP contribution >= 0.6 is 0 Å². The van der Waals surface area contributed by atoms with Gasteiger partial charge in [0.05, 0.1) is 6.54 Å². The minimum Gasteiger partial charge on any atom is -1.00 e. The highest BCUT2D eigenvalue weighted by atomic mass is 79.9. The molecule has 186 valence electrons. The number of imidazole rings is 1. The minimum absolute atomic E-state index is 0. The molecule has 36 heavy (non-hydrogen) atoms. The van der Waals surface area contributed by atoms with Gasteiger partial charge in [-0.25, -0.2) is 9.13 Å². The first-order chi connectivity index (χ1) is 17.1. The topological polar surface area (TPSA) is 51.9 Å². The molecule has 1 saturated carbocycles. The van der Waals surface area contributed by atoms with Crippen molar-refractivity contribution >= 4 is 5.91 Å². The zero-order valence-electron chi connectivity index (χ0n) is 20.8. The molecule has 4 aromatic rings. The maximum Gasteiger partial charge on any atom is 0.253 e. The van der Waals surface area contributed by atoms with Gasteiger partial charge in [-0.15, -0.1) is 0 Å². The van der Waals surface area contributed by atoms with Crippen LogP contribution in [0, 0.1) is 12.8 Å². The molecule has 0 radical (unpaired) electrons. The minimum atomic E-state index is -0.832. The Morgan fingerprint density at radius 1 is 0.917 bits per heavy atom. The number of aromatic nitrogens is 2. The molecule has 0 saturated heterocycles. The predicted octanol–water partition coefficient (Wildman–Crippen LogP) is 2.14. The van der Waals surface area contributed by atoms with Crippen molar-refractivity contribution in [3.63, 3.8) is 0 Å². The molecule has 1 fully saturated rings. The number of halogens is 1. The number of rotatable bonds is 8. The van der Waals surface area contributed by atoms with Crippen molar-refractivity contribution in [1.29, 1.82) is 0 Å². The van der Waals surface area contributed by atoms with Crippen LogP contribution in [0.3, 0.4) is 0 Å². The molecule has 1 heterocycles. The normalized spacial score (nSPS) is 17.5. The molecule has 5 heteroatoms. The Labute approximate surface area is 224 Å². The van der Waals surface area contributed by atoms with Gasteiger partial charge in [-0.05, 0) is 41.9 Å². The molecule has 1 aliphatic rings. The summed E-state index contributed by atoms with van der Waals surface area (Å²) < 4.78 is 4.75. The summed E-state index contributed by atoms with van der Waals surface area (Å²) in [6.07, 6.45) is 8.33. The van der Waals surface area contributed by atoms with E-state index in [9.17, 15) is 4.79 Å². The summed E-state index contributed by atoms with van der Waals surface area (Å²) in [7, 11) is 0. The molecule has 0 spiro atoms. The number of nitrogens with zero attached hydrogens (tertiary/aromatic N) is 2. The lowest BCUT2D eigenvalue weighted by atomic mass is 9.64. The average molecular weight is 545 g/mol. The van der Waals surface area contributed by atoms with Crippen molar-refractivity contribution in [3.05, 3.63) is 126 Å². The van der Waals surface area contributed by atoms with Crippen molar-refractivity contribution in [2.75, 3.05) is 0 Å². The van der Waals surface area contributed by atoms with E-state index < -0.39 is 5.41 Å². The van der Waals surface area contributed by atoms with E-state index in [2.05, 4.69) is 83.0 Å². The van der Waals surface area contributed by atoms with E-state index >= 15 is 0 Å². The van der Waals surface area contributed by atoms with Crippen LogP contribution in [0.5, 0.6) is 0 Å². The number of primary amides is 1. The first kappa shape index (κ1) is 25.9. The largest absolute Gasteiger partial charge is 1.00 e. The summed E-state index contributed by atoms with van der Waals surface area (Å²) >= 11 is 0. The van der Waals surface area contributed by atoms with Crippen molar-refractivity contribution < 1.29 is 26.3 Å². The second-order valence-corrected chi connectivity index (χ2v) is 9.75. The Morgan fingerprint density at radius 2 is 1.47 bits per heavy atom. The number of aryl methyl sites for hydroxylation is 2. The van der Waals surface area contributed by atoms with Crippen LogP contribution in [0.4, 0.5) is 0 Å². The maximum absolute atomic E-state index is 13.4. The van der Waals surface area contributed by atoms with Gasteiger partial charge >= 0.3 is 0 Å². The van der Waals surface area contributed by atoms with Crippen molar-refractivity contribution in [3.8, 4) is 0 Å². The number of benzene rings is 3. The summed E-state index contributed by atoms with van der Waals surface area (Å²) in [5.74, 6) is 1.13. The third-order valence-electron chi connectivity index (χ3n) is 7.94. The van der Waals surface area contributed by atoms with Crippen molar-refractivity contribution in [2.45, 2.75) is 50.6 Å². The van der Waals surface area contributed by atoms with Gasteiger partial charge in [0.15, 0.2) is 0 Å². The van der Waals surface area contributed by atoms with Gasteiger partial charge in [0.25, 0.3) is 5.82 Å². The van der Waals surface area contributed by atoms with Crippen LogP contribution in [-0.4, -0.2) is 10.5 Å². The molecular formula is C31H34BrN3O. The van der Waals surface area contributed by atoms with Gasteiger partial charge in [-0.2, -0.15) is 0 Å². The lowest BCUT2D eigenvalue weighted by Gasteiger charge is -2.37. The van der Waals surface area contributed by atoms with E-state index in [1.54, 1.807) is 0 Å². The Kier molecular flexibility index (Phi) is 8.10. The highest BCUT2D eigenvalue weighted by Gasteiger charge is 2.51. The first-order valence-electron chi connectivity index (χ1n) is 12.6. The number of nitrogens with two attached hydrogens (primary N) is 1. The van der Waals surface area contributed by atoms with Crippen LogP contribution in [0.25, 0.3) is 0 Å². The van der Waals surface area contributed by atoms with E-state index in [1.165, 1.54) is 11.4 Å². The van der Waals surface area contributed by atoms with Gasteiger partial charge in [0.2, 0.25) is 5.91 Å². The number of amides is 1. The lowest BCUT2D eigenvalue weighted by molar-refractivity contribution is -0.702. The molecule has 1 aliphatic carbocycles. The van der Waals surface area contributed by atoms with Crippen molar-refractivity contribution in [2.24, 2.45) is 11.7 Å². The van der Waals surface area contributed by atoms with Gasteiger partial charge in [-0.1, -0.05) is 91.0 Å². The number of carbonyl (C=O) groups is 1. The van der Waals surface area contributed by atoms with E-state index in [0.29, 0.717) is 6.04 Å². The van der Waals surface area contributed by atoms with Crippen LogP contribution in [0.1, 0.15) is 47.8 Å². The highest BCUT2D eigenvalue weighted by molar-refractivity contribution is 5.91. The smallest absolute Gasteiger partial charge is 0.253 e. The Hall–Kier alpha value is -3.18. The average Bonchev–Trinajstić information content (AvgIpc) is 3.52. The zero-order valence-corrected chi connectivity index (χ0v) is 22.3. The second-order valence-electron chi connectivity index (χ2n) is 9.75. The Bertz CT molecular complexity index is 1230. The third-order valence-corrected chi connectivity index (χ3v) is 7.94. The molecule has 2 N–H and O–H groups in total. The summed E-state index contributed by atoms with van der Waals surface area (Å²) in [5, 5.41) is 0. The first-order valence-corrected chi connectivity index (χ1v) is 12.6. The van der Waals surface area contributed by atoms with E-state index in [4.69, 9.17) is 5.73 Å². The van der Waals surface area contributed by atoms with E-state index in [0.717, 1.165) is 43.4 Å². The molecule has 2 atom stereocenters. The predicted molar refractivity (Wildman–Crippen MR) is 139 cm³/mol. The van der Waals surface area contributed by atoms with Gasteiger partial charge in [0.1, 0.15) is 23.9 Å². The van der Waals surface area contributed by atoms with Gasteiger partial charge in [-0.3, -0.25) is 4.79 Å². The summed E-state index contributed by atoms with van der Waals surface area (Å²) in [5.41, 5.74) is 8.78. The standard InChI is InChI=1S/C31H33N3O.BrH/c1-24-33(20-19-25-11-5-2-6-12-25)21-22-34(24)29-18-17-28(23-29)31(30(32)35,26-13-7-3-8-14-26)27-15-9-4-10-16-27;/h2-16,21-22,28-29H,17-20,23H2,1H3,(H-,32,35);1H/t28-,29+;/m0./s1. The molecule has 0 bridgehead atoms. The molecular weight excluding hydrogens is 510 g/mol. The third kappa shape index (κ3) is 4.77. The number of carbonyl (C=O) groups excluding carboxylic acids is 1. The molecule has 0 unspecified atom stereocenters. The van der Waals surface area contributed by atoms with Crippen molar-refractivity contribution in [1.82, 2.24) is 4.57 Å². The zero-order chi connectivity index (χ0) is 24.3. The molecule has 5 rings (SSSR count). The summed E-state index contributed by atoms with van der Waals surface area (Å²) in [6.45, 7) is 3.16. The molecule has 3 aromatic carbocycles. The van der Waals surface area contributed by atoms with E-state index in [1.807, 2.05) is 36.4 Å².